The Labute approximate surface area is 132 Å². The summed E-state index contributed by atoms with van der Waals surface area (Å²) in [6.45, 7) is 0.338. The molecular weight excluding hydrogens is 333 g/mol. The number of hydrogen-bond donors (Lipinski definition) is 1. The van der Waals surface area contributed by atoms with Crippen molar-refractivity contribution in [1.29, 1.82) is 0 Å². The van der Waals surface area contributed by atoms with Gasteiger partial charge in [-0.3, -0.25) is 0 Å². The van der Waals surface area contributed by atoms with Gasteiger partial charge in [-0.15, -0.1) is 0 Å². The highest BCUT2D eigenvalue weighted by molar-refractivity contribution is 9.10. The van der Waals surface area contributed by atoms with E-state index in [9.17, 15) is 4.39 Å². The van der Waals surface area contributed by atoms with Gasteiger partial charge in [-0.05, 0) is 66.3 Å². The lowest BCUT2D eigenvalue weighted by Gasteiger charge is -2.22. The van der Waals surface area contributed by atoms with Crippen LogP contribution < -0.4 is 10.5 Å². The predicted octanol–water partition coefficient (Wildman–Crippen LogP) is 4.50. The zero-order valence-electron chi connectivity index (χ0n) is 11.6. The van der Waals surface area contributed by atoms with Crippen molar-refractivity contribution in [3.8, 4) is 5.75 Å². The Bertz CT molecular complexity index is 639. The molecular formula is C17H17BrFNO. The van der Waals surface area contributed by atoms with Gasteiger partial charge in [-0.1, -0.05) is 22.0 Å². The molecule has 0 fully saturated rings. The average molecular weight is 350 g/mol. The van der Waals surface area contributed by atoms with Gasteiger partial charge in [-0.2, -0.15) is 0 Å². The third-order valence-electron chi connectivity index (χ3n) is 3.81. The molecule has 2 nitrogen and oxygen atoms in total. The van der Waals surface area contributed by atoms with E-state index in [1.54, 1.807) is 0 Å². The zero-order chi connectivity index (χ0) is 14.8. The van der Waals surface area contributed by atoms with Crippen LogP contribution in [0.4, 0.5) is 4.39 Å². The number of fused-ring (bicyclic) bond motifs is 1. The van der Waals surface area contributed by atoms with E-state index in [1.807, 2.05) is 18.2 Å². The third-order valence-corrected chi connectivity index (χ3v) is 4.26. The molecule has 2 aromatic carbocycles. The van der Waals surface area contributed by atoms with Crippen LogP contribution in [-0.2, 0) is 13.0 Å². The maximum atomic E-state index is 13.3. The van der Waals surface area contributed by atoms with E-state index in [-0.39, 0.29) is 11.9 Å². The van der Waals surface area contributed by atoms with E-state index in [0.29, 0.717) is 11.1 Å². The molecule has 0 radical (unpaired) electrons. The molecule has 0 saturated heterocycles. The van der Waals surface area contributed by atoms with Crippen molar-refractivity contribution in [1.82, 2.24) is 0 Å². The van der Waals surface area contributed by atoms with Crippen molar-refractivity contribution in [2.45, 2.75) is 31.9 Å². The van der Waals surface area contributed by atoms with Crippen molar-refractivity contribution in [2.24, 2.45) is 5.73 Å². The topological polar surface area (TPSA) is 35.2 Å². The summed E-state index contributed by atoms with van der Waals surface area (Å²) in [5.74, 6) is 0.516. The van der Waals surface area contributed by atoms with E-state index < -0.39 is 0 Å². The summed E-state index contributed by atoms with van der Waals surface area (Å²) >= 11 is 3.28. The number of benzene rings is 2. The first-order valence-corrected chi connectivity index (χ1v) is 7.87. The maximum Gasteiger partial charge on any atom is 0.124 e. The second kappa shape index (κ2) is 6.16. The van der Waals surface area contributed by atoms with Crippen LogP contribution in [0.25, 0.3) is 0 Å². The van der Waals surface area contributed by atoms with Gasteiger partial charge in [0.15, 0.2) is 0 Å². The number of ether oxygens (including phenoxy) is 1. The maximum absolute atomic E-state index is 13.3. The predicted molar refractivity (Wildman–Crippen MR) is 84.7 cm³/mol. The first-order chi connectivity index (χ1) is 10.1. The molecule has 1 aliphatic carbocycles. The van der Waals surface area contributed by atoms with Gasteiger partial charge in [0.1, 0.15) is 18.2 Å². The molecule has 1 unspecified atom stereocenters. The lowest BCUT2D eigenvalue weighted by atomic mass is 9.88. The van der Waals surface area contributed by atoms with Crippen molar-refractivity contribution in [2.75, 3.05) is 0 Å². The fourth-order valence-electron chi connectivity index (χ4n) is 2.76. The molecule has 2 aromatic rings. The number of aryl methyl sites for hydroxylation is 1. The first-order valence-electron chi connectivity index (χ1n) is 7.08. The van der Waals surface area contributed by atoms with Gasteiger partial charge in [-0.25, -0.2) is 4.39 Å². The monoisotopic (exact) mass is 349 g/mol. The largest absolute Gasteiger partial charge is 0.489 e. The van der Waals surface area contributed by atoms with Crippen LogP contribution in [0, 0.1) is 5.82 Å². The molecule has 1 aliphatic rings. The highest BCUT2D eigenvalue weighted by Gasteiger charge is 2.17. The van der Waals surface area contributed by atoms with Crippen LogP contribution >= 0.6 is 15.9 Å². The lowest BCUT2D eigenvalue weighted by molar-refractivity contribution is 0.304. The number of halogens is 2. The van der Waals surface area contributed by atoms with E-state index >= 15 is 0 Å². The summed E-state index contributed by atoms with van der Waals surface area (Å²) in [7, 11) is 0. The second-order valence-electron chi connectivity index (χ2n) is 5.43. The van der Waals surface area contributed by atoms with Gasteiger partial charge < -0.3 is 10.5 Å². The summed E-state index contributed by atoms with van der Waals surface area (Å²) in [5, 5.41) is 0. The molecule has 0 amide bonds. The van der Waals surface area contributed by atoms with E-state index in [1.165, 1.54) is 23.3 Å². The minimum absolute atomic E-state index is 0.0978. The number of nitrogens with two attached hydrogens (primary N) is 1. The lowest BCUT2D eigenvalue weighted by Crippen LogP contribution is -2.17. The van der Waals surface area contributed by atoms with Gasteiger partial charge in [0.25, 0.3) is 0 Å². The summed E-state index contributed by atoms with van der Waals surface area (Å²) < 4.78 is 19.8. The van der Waals surface area contributed by atoms with Gasteiger partial charge in [0, 0.05) is 10.5 Å². The van der Waals surface area contributed by atoms with Crippen molar-refractivity contribution in [3.05, 3.63) is 63.4 Å². The van der Waals surface area contributed by atoms with E-state index in [0.717, 1.165) is 30.6 Å². The Hall–Kier alpha value is -1.39. The van der Waals surface area contributed by atoms with Crippen LogP contribution in [0.1, 0.15) is 35.6 Å². The van der Waals surface area contributed by atoms with E-state index in [4.69, 9.17) is 10.5 Å². The van der Waals surface area contributed by atoms with Gasteiger partial charge >= 0.3 is 0 Å². The molecule has 21 heavy (non-hydrogen) atoms. The average Bonchev–Trinajstić information content (AvgIpc) is 2.45. The summed E-state index contributed by atoms with van der Waals surface area (Å²) in [6, 6.07) is 10.9. The number of hydrogen-bond acceptors (Lipinski definition) is 2. The Morgan fingerprint density at radius 2 is 2.10 bits per heavy atom. The minimum atomic E-state index is -0.268. The molecule has 2 N–H and O–H groups in total. The molecule has 0 heterocycles. The van der Waals surface area contributed by atoms with Gasteiger partial charge in [0.05, 0.1) is 0 Å². The quantitative estimate of drug-likeness (QED) is 0.884. The highest BCUT2D eigenvalue weighted by atomic mass is 79.9. The fraction of sp³-hybridized carbons (Fsp3) is 0.294. The molecule has 0 spiro atoms. The highest BCUT2D eigenvalue weighted by Crippen LogP contribution is 2.31. The fourth-order valence-corrected chi connectivity index (χ4v) is 3.28. The Balaban J connectivity index is 1.75. The third kappa shape index (κ3) is 3.44. The second-order valence-corrected chi connectivity index (χ2v) is 6.34. The van der Waals surface area contributed by atoms with Crippen molar-refractivity contribution in [3.63, 3.8) is 0 Å². The van der Waals surface area contributed by atoms with E-state index in [2.05, 4.69) is 22.0 Å². The molecule has 4 heteroatoms. The summed E-state index contributed by atoms with van der Waals surface area (Å²) in [6.07, 6.45) is 3.25. The molecule has 0 aliphatic heterocycles. The first kappa shape index (κ1) is 14.5. The number of rotatable bonds is 3. The SMILES string of the molecule is NC1CCCc2ccc(OCc3cc(F)cc(Br)c3)cc21. The Morgan fingerprint density at radius 1 is 1.24 bits per heavy atom. The molecule has 0 saturated carbocycles. The summed E-state index contributed by atoms with van der Waals surface area (Å²) in [5.41, 5.74) is 9.44. The van der Waals surface area contributed by atoms with Crippen LogP contribution in [0.15, 0.2) is 40.9 Å². The van der Waals surface area contributed by atoms with Crippen molar-refractivity contribution < 1.29 is 9.13 Å². The van der Waals surface area contributed by atoms with Crippen LogP contribution in [0.5, 0.6) is 5.75 Å². The zero-order valence-corrected chi connectivity index (χ0v) is 13.2. The molecule has 1 atom stereocenters. The molecule has 110 valence electrons. The Morgan fingerprint density at radius 3 is 2.90 bits per heavy atom. The van der Waals surface area contributed by atoms with Crippen LogP contribution in [-0.4, -0.2) is 0 Å². The minimum Gasteiger partial charge on any atom is -0.489 e. The van der Waals surface area contributed by atoms with Gasteiger partial charge in [0.2, 0.25) is 0 Å². The summed E-state index contributed by atoms with van der Waals surface area (Å²) in [4.78, 5) is 0. The molecule has 3 rings (SSSR count). The molecule has 0 bridgehead atoms. The van der Waals surface area contributed by atoms with Crippen LogP contribution in [0.3, 0.4) is 0 Å². The van der Waals surface area contributed by atoms with Crippen molar-refractivity contribution >= 4 is 15.9 Å². The smallest absolute Gasteiger partial charge is 0.124 e. The van der Waals surface area contributed by atoms with Crippen LogP contribution in [0.2, 0.25) is 0 Å². The molecule has 0 aromatic heterocycles. The Kier molecular flexibility index (Phi) is 4.27. The standard InChI is InChI=1S/C17H17BrFNO/c18-13-6-11(7-14(19)8-13)10-21-15-5-4-12-2-1-3-17(20)16(12)9-15/h4-9,17H,1-3,10,20H2. The normalized spacial score (nSPS) is 17.4.